The molecule has 0 aromatic carbocycles. The molecule has 0 aromatic heterocycles. The second-order valence-corrected chi connectivity index (χ2v) is 5.13. The molecule has 0 saturated heterocycles. The van der Waals surface area contributed by atoms with Gasteiger partial charge in [-0.05, 0) is 25.2 Å². The van der Waals surface area contributed by atoms with Crippen LogP contribution >= 0.6 is 11.6 Å². The molecular formula is C12H24ClNO. The number of rotatable bonds is 9. The maximum atomic E-state index is 5.77. The summed E-state index contributed by atoms with van der Waals surface area (Å²) in [5.74, 6) is 1.48. The highest BCUT2D eigenvalue weighted by Crippen LogP contribution is 2.26. The van der Waals surface area contributed by atoms with Gasteiger partial charge in [0.05, 0.1) is 6.61 Å². The van der Waals surface area contributed by atoms with Gasteiger partial charge in [0.25, 0.3) is 0 Å². The molecule has 1 aliphatic rings. The topological polar surface area (TPSA) is 12.5 Å². The zero-order valence-corrected chi connectivity index (χ0v) is 10.8. The highest BCUT2D eigenvalue weighted by atomic mass is 35.5. The van der Waals surface area contributed by atoms with E-state index in [9.17, 15) is 0 Å². The van der Waals surface area contributed by atoms with Crippen molar-refractivity contribution in [3.8, 4) is 0 Å². The Labute approximate surface area is 98.9 Å². The molecule has 1 saturated carbocycles. The second-order valence-electron chi connectivity index (χ2n) is 4.75. The quantitative estimate of drug-likeness (QED) is 0.449. The summed E-state index contributed by atoms with van der Waals surface area (Å²) in [6.45, 7) is 8.28. The van der Waals surface area contributed by atoms with Crippen molar-refractivity contribution in [2.75, 3.05) is 32.2 Å². The normalized spacial score (nSPS) is 16.6. The molecular weight excluding hydrogens is 210 g/mol. The van der Waals surface area contributed by atoms with E-state index in [0.29, 0.717) is 0 Å². The second kappa shape index (κ2) is 7.48. The largest absolute Gasteiger partial charge is 0.380 e. The number of hydrogen-bond acceptors (Lipinski definition) is 2. The van der Waals surface area contributed by atoms with Crippen molar-refractivity contribution in [2.24, 2.45) is 5.92 Å². The molecule has 0 amide bonds. The lowest BCUT2D eigenvalue weighted by atomic mass is 10.1. The molecule has 15 heavy (non-hydrogen) atoms. The molecule has 0 heterocycles. The van der Waals surface area contributed by atoms with Gasteiger partial charge in [-0.2, -0.15) is 0 Å². The third-order valence-electron chi connectivity index (χ3n) is 2.80. The molecule has 0 N–H and O–H groups in total. The number of ether oxygens (including phenoxy) is 1. The number of hydrogen-bond donors (Lipinski definition) is 0. The van der Waals surface area contributed by atoms with E-state index in [1.807, 2.05) is 0 Å². The van der Waals surface area contributed by atoms with E-state index in [0.717, 1.165) is 44.1 Å². The van der Waals surface area contributed by atoms with Crippen LogP contribution in [0.25, 0.3) is 0 Å². The summed E-state index contributed by atoms with van der Waals surface area (Å²) in [7, 11) is 0. The predicted octanol–water partition coefficient (Wildman–Crippen LogP) is 2.75. The Balaban J connectivity index is 1.96. The first-order chi connectivity index (χ1) is 7.24. The fraction of sp³-hybridized carbons (Fsp3) is 1.00. The van der Waals surface area contributed by atoms with Crippen molar-refractivity contribution in [1.29, 1.82) is 0 Å². The van der Waals surface area contributed by atoms with Gasteiger partial charge in [-0.3, -0.25) is 4.90 Å². The molecule has 0 unspecified atom stereocenters. The average Bonchev–Trinajstić information content (AvgIpc) is 2.98. The lowest BCUT2D eigenvalue weighted by molar-refractivity contribution is 0.0955. The van der Waals surface area contributed by atoms with Crippen molar-refractivity contribution >= 4 is 11.6 Å². The minimum atomic E-state index is 0.739. The third kappa shape index (κ3) is 6.39. The third-order valence-corrected chi connectivity index (χ3v) is 2.97. The van der Waals surface area contributed by atoms with Crippen LogP contribution in [-0.4, -0.2) is 43.1 Å². The fourth-order valence-corrected chi connectivity index (χ4v) is 1.85. The molecule has 1 aliphatic carbocycles. The molecule has 1 fully saturated rings. The standard InChI is InChI=1S/C12H24ClNO/c1-11(2)5-9-15-10-8-14(7-6-13)12-3-4-12/h11-12H,3-10H2,1-2H3. The van der Waals surface area contributed by atoms with Gasteiger partial charge in [0.2, 0.25) is 0 Å². The highest BCUT2D eigenvalue weighted by Gasteiger charge is 2.27. The van der Waals surface area contributed by atoms with Gasteiger partial charge in [0, 0.05) is 31.6 Å². The first-order valence-electron chi connectivity index (χ1n) is 6.11. The number of halogens is 1. The van der Waals surface area contributed by atoms with Crippen LogP contribution in [0.3, 0.4) is 0 Å². The van der Waals surface area contributed by atoms with Crippen molar-refractivity contribution in [1.82, 2.24) is 4.90 Å². The van der Waals surface area contributed by atoms with E-state index in [2.05, 4.69) is 18.7 Å². The SMILES string of the molecule is CC(C)CCOCCN(CCCl)C1CC1. The maximum Gasteiger partial charge on any atom is 0.0593 e. The smallest absolute Gasteiger partial charge is 0.0593 e. The Hall–Kier alpha value is 0.210. The van der Waals surface area contributed by atoms with E-state index in [1.165, 1.54) is 19.3 Å². The Kier molecular flexibility index (Phi) is 6.62. The van der Waals surface area contributed by atoms with E-state index in [-0.39, 0.29) is 0 Å². The minimum absolute atomic E-state index is 0.739. The molecule has 0 atom stereocenters. The van der Waals surface area contributed by atoms with Gasteiger partial charge in [-0.15, -0.1) is 11.6 Å². The molecule has 0 aromatic rings. The molecule has 3 heteroatoms. The molecule has 90 valence electrons. The zero-order chi connectivity index (χ0) is 11.1. The average molecular weight is 234 g/mol. The van der Waals surface area contributed by atoms with Crippen molar-refractivity contribution < 1.29 is 4.74 Å². The van der Waals surface area contributed by atoms with E-state index >= 15 is 0 Å². The zero-order valence-electron chi connectivity index (χ0n) is 10.0. The van der Waals surface area contributed by atoms with Crippen molar-refractivity contribution in [3.05, 3.63) is 0 Å². The Morgan fingerprint density at radius 3 is 2.53 bits per heavy atom. The van der Waals surface area contributed by atoms with Gasteiger partial charge < -0.3 is 4.74 Å². The maximum absolute atomic E-state index is 5.77. The van der Waals surface area contributed by atoms with E-state index < -0.39 is 0 Å². The first kappa shape index (κ1) is 13.3. The summed E-state index contributed by atoms with van der Waals surface area (Å²) in [4.78, 5) is 2.46. The minimum Gasteiger partial charge on any atom is -0.380 e. The monoisotopic (exact) mass is 233 g/mol. The van der Waals surface area contributed by atoms with Crippen LogP contribution in [0.2, 0.25) is 0 Å². The van der Waals surface area contributed by atoms with Crippen LogP contribution in [0.1, 0.15) is 33.1 Å². The summed E-state index contributed by atoms with van der Waals surface area (Å²) in [6, 6.07) is 0.803. The molecule has 2 nitrogen and oxygen atoms in total. The summed E-state index contributed by atoms with van der Waals surface area (Å²) in [5, 5.41) is 0. The fourth-order valence-electron chi connectivity index (χ4n) is 1.63. The molecule has 0 radical (unpaired) electrons. The highest BCUT2D eigenvalue weighted by molar-refractivity contribution is 6.18. The van der Waals surface area contributed by atoms with E-state index in [1.54, 1.807) is 0 Å². The Bertz CT molecular complexity index is 160. The lowest BCUT2D eigenvalue weighted by Crippen LogP contribution is -2.31. The van der Waals surface area contributed by atoms with Gasteiger partial charge in [0.15, 0.2) is 0 Å². The summed E-state index contributed by atoms with van der Waals surface area (Å²) in [6.07, 6.45) is 3.87. The van der Waals surface area contributed by atoms with Crippen LogP contribution in [0.4, 0.5) is 0 Å². The molecule has 0 aliphatic heterocycles. The van der Waals surface area contributed by atoms with Gasteiger partial charge in [-0.1, -0.05) is 13.8 Å². The first-order valence-corrected chi connectivity index (χ1v) is 6.65. The van der Waals surface area contributed by atoms with Crippen LogP contribution in [0.15, 0.2) is 0 Å². The summed E-state index contributed by atoms with van der Waals surface area (Å²) in [5.41, 5.74) is 0. The molecule has 0 bridgehead atoms. The van der Waals surface area contributed by atoms with E-state index in [4.69, 9.17) is 16.3 Å². The van der Waals surface area contributed by atoms with Gasteiger partial charge in [-0.25, -0.2) is 0 Å². The van der Waals surface area contributed by atoms with Crippen LogP contribution in [0.5, 0.6) is 0 Å². The van der Waals surface area contributed by atoms with Crippen LogP contribution in [0, 0.1) is 5.92 Å². The van der Waals surface area contributed by atoms with Crippen molar-refractivity contribution in [3.63, 3.8) is 0 Å². The molecule has 1 rings (SSSR count). The predicted molar refractivity (Wildman–Crippen MR) is 65.6 cm³/mol. The Morgan fingerprint density at radius 2 is 2.00 bits per heavy atom. The molecule has 0 spiro atoms. The number of alkyl halides is 1. The van der Waals surface area contributed by atoms with Crippen LogP contribution in [-0.2, 0) is 4.74 Å². The summed E-state index contributed by atoms with van der Waals surface area (Å²) < 4.78 is 5.61. The van der Waals surface area contributed by atoms with Gasteiger partial charge >= 0.3 is 0 Å². The Morgan fingerprint density at radius 1 is 1.27 bits per heavy atom. The summed E-state index contributed by atoms with van der Waals surface area (Å²) >= 11 is 5.77. The van der Waals surface area contributed by atoms with Crippen molar-refractivity contribution in [2.45, 2.75) is 39.2 Å². The van der Waals surface area contributed by atoms with Crippen LogP contribution < -0.4 is 0 Å². The number of nitrogens with zero attached hydrogens (tertiary/aromatic N) is 1. The lowest BCUT2D eigenvalue weighted by Gasteiger charge is -2.20. The van der Waals surface area contributed by atoms with Gasteiger partial charge in [0.1, 0.15) is 0 Å².